The molecule has 4 amide bonds. The van der Waals surface area contributed by atoms with E-state index in [9.17, 15) is 19.2 Å². The Labute approximate surface area is 95.2 Å². The maximum Gasteiger partial charge on any atom is 0.250 e. The van der Waals surface area contributed by atoms with Crippen LogP contribution < -0.4 is 16.5 Å². The summed E-state index contributed by atoms with van der Waals surface area (Å²) in [6.45, 7) is 0. The molecule has 0 saturated carbocycles. The smallest absolute Gasteiger partial charge is 0.250 e. The van der Waals surface area contributed by atoms with Crippen molar-refractivity contribution in [2.24, 2.45) is 11.1 Å². The number of nitrogens with one attached hydrogen (secondary N) is 3. The number of carbonyl (C=O) groups is 4. The number of nitrogens with two attached hydrogens (primary N) is 1. The highest BCUT2D eigenvalue weighted by atomic mass is 16.2. The summed E-state index contributed by atoms with van der Waals surface area (Å²) >= 11 is 0. The third-order valence-electron chi connectivity index (χ3n) is 1.26. The first-order valence-electron chi connectivity index (χ1n) is 4.12. The first-order valence-corrected chi connectivity index (χ1v) is 4.12. The van der Waals surface area contributed by atoms with Crippen molar-refractivity contribution in [3.63, 3.8) is 0 Å². The van der Waals surface area contributed by atoms with Crippen molar-refractivity contribution >= 4 is 23.6 Å². The van der Waals surface area contributed by atoms with Gasteiger partial charge < -0.3 is 5.84 Å². The van der Waals surface area contributed by atoms with Gasteiger partial charge in [-0.05, 0) is 0 Å². The van der Waals surface area contributed by atoms with Crippen LogP contribution in [0.25, 0.3) is 0 Å². The van der Waals surface area contributed by atoms with E-state index >= 15 is 0 Å². The molecule has 0 bridgehead atoms. The van der Waals surface area contributed by atoms with E-state index < -0.39 is 0 Å². The van der Waals surface area contributed by atoms with E-state index in [2.05, 4.69) is 11.1 Å². The van der Waals surface area contributed by atoms with Crippen LogP contribution in [0.3, 0.4) is 0 Å². The number of carbonyl (C=O) groups excluding carboxylic acids is 4. The summed E-state index contributed by atoms with van der Waals surface area (Å²) in [6, 6.07) is 0. The number of imide groups is 2. The fraction of sp³-hybridized carbons (Fsp3) is 0. The van der Waals surface area contributed by atoms with Crippen molar-refractivity contribution in [2.45, 2.75) is 0 Å². The normalized spacial score (nSPS) is 15.3. The van der Waals surface area contributed by atoms with E-state index in [4.69, 9.17) is 5.53 Å². The molecule has 5 N–H and O–H groups in total. The van der Waals surface area contributed by atoms with Gasteiger partial charge in [0.1, 0.15) is 0 Å². The average molecular weight is 239 g/mol. The molecule has 0 atom stereocenters. The van der Waals surface area contributed by atoms with Crippen LogP contribution in [-0.2, 0) is 19.2 Å². The van der Waals surface area contributed by atoms with Crippen molar-refractivity contribution in [2.75, 3.05) is 0 Å². The number of hydrogen-bond acceptors (Lipinski definition) is 6. The van der Waals surface area contributed by atoms with Gasteiger partial charge in [-0.1, -0.05) is 5.22 Å². The minimum atomic E-state index is -0.329. The Balaban J connectivity index is 0.000000247. The van der Waals surface area contributed by atoms with Crippen LogP contribution in [0.5, 0.6) is 0 Å². The lowest BCUT2D eigenvalue weighted by Gasteiger charge is -1.80. The van der Waals surface area contributed by atoms with Gasteiger partial charge in [0, 0.05) is 24.3 Å². The average Bonchev–Trinajstić information content (AvgIpc) is 2.78. The maximum absolute atomic E-state index is 10.0. The molecule has 9 heteroatoms. The van der Waals surface area contributed by atoms with E-state index in [-0.39, 0.29) is 23.6 Å². The Morgan fingerprint density at radius 2 is 1.00 bits per heavy atom. The maximum atomic E-state index is 10.0. The number of rotatable bonds is 0. The van der Waals surface area contributed by atoms with E-state index in [1.165, 1.54) is 24.3 Å². The lowest BCUT2D eigenvalue weighted by molar-refractivity contribution is -0.125. The first-order chi connectivity index (χ1) is 7.99. The van der Waals surface area contributed by atoms with Gasteiger partial charge in [0.25, 0.3) is 23.6 Å². The molecule has 90 valence electrons. The van der Waals surface area contributed by atoms with Crippen LogP contribution in [0, 0.1) is 5.53 Å². The fourth-order valence-electron chi connectivity index (χ4n) is 0.712. The third-order valence-corrected chi connectivity index (χ3v) is 1.26. The van der Waals surface area contributed by atoms with Crippen molar-refractivity contribution in [3.05, 3.63) is 24.3 Å². The lowest BCUT2D eigenvalue weighted by Crippen LogP contribution is -2.19. The molecule has 0 fully saturated rings. The molecule has 0 unspecified atom stereocenters. The van der Waals surface area contributed by atoms with Crippen molar-refractivity contribution in [3.8, 4) is 0 Å². The number of amides is 4. The highest BCUT2D eigenvalue weighted by molar-refractivity contribution is 6.13. The summed E-state index contributed by atoms with van der Waals surface area (Å²) in [6.07, 6.45) is 4.79. The number of nitrogens with zero attached hydrogens (tertiary/aromatic N) is 1. The summed E-state index contributed by atoms with van der Waals surface area (Å²) < 4.78 is 0. The van der Waals surface area contributed by atoms with Gasteiger partial charge in [-0.15, -0.1) is 0 Å². The van der Waals surface area contributed by atoms with E-state index in [0.717, 1.165) is 0 Å². The molecule has 2 aliphatic heterocycles. The SMILES string of the molecule is N=NN.O=C1C=CC(=O)N1.O=C1C=CC(=O)N1. The monoisotopic (exact) mass is 239 g/mol. The van der Waals surface area contributed by atoms with Gasteiger partial charge in [-0.3, -0.25) is 29.8 Å². The Bertz CT molecular complexity index is 344. The summed E-state index contributed by atoms with van der Waals surface area (Å²) in [7, 11) is 0. The number of hydrogen-bond donors (Lipinski definition) is 4. The van der Waals surface area contributed by atoms with Crippen LogP contribution in [0.1, 0.15) is 0 Å². The molecule has 0 aromatic heterocycles. The minimum absolute atomic E-state index is 0.329. The molecule has 0 spiro atoms. The molecular weight excluding hydrogens is 230 g/mol. The molecule has 0 aromatic rings. The molecule has 0 saturated heterocycles. The highest BCUT2D eigenvalue weighted by Crippen LogP contribution is 1.83. The standard InChI is InChI=1S/2C4H3NO2.H3N3/c2*6-3-1-2-4(7)5-3;1-3-2/h2*1-2H,(H,5,6,7);(H3,1,2). The van der Waals surface area contributed by atoms with Crippen LogP contribution in [0.2, 0.25) is 0 Å². The zero-order valence-corrected chi connectivity index (χ0v) is 8.47. The zero-order chi connectivity index (χ0) is 13.3. The van der Waals surface area contributed by atoms with Crippen LogP contribution in [-0.4, -0.2) is 23.6 Å². The quantitative estimate of drug-likeness (QED) is 0.171. The summed E-state index contributed by atoms with van der Waals surface area (Å²) in [4.78, 5) is 40.1. The third kappa shape index (κ3) is 7.13. The lowest BCUT2D eigenvalue weighted by atomic mass is 10.6. The largest absolute Gasteiger partial charge is 0.305 e. The highest BCUT2D eigenvalue weighted by Gasteiger charge is 2.07. The summed E-state index contributed by atoms with van der Waals surface area (Å²) in [5.74, 6) is 2.82. The van der Waals surface area contributed by atoms with Gasteiger partial charge in [-0.2, -0.15) is 5.53 Å². The van der Waals surface area contributed by atoms with Crippen molar-refractivity contribution in [1.29, 1.82) is 5.53 Å². The molecule has 0 aromatic carbocycles. The molecule has 0 radical (unpaired) electrons. The second-order valence-electron chi connectivity index (χ2n) is 2.50. The van der Waals surface area contributed by atoms with Crippen molar-refractivity contribution in [1.82, 2.24) is 10.6 Å². The molecule has 0 aliphatic carbocycles. The second kappa shape index (κ2) is 7.45. The second-order valence-corrected chi connectivity index (χ2v) is 2.50. The van der Waals surface area contributed by atoms with Crippen molar-refractivity contribution < 1.29 is 19.2 Å². The van der Waals surface area contributed by atoms with E-state index in [1.807, 2.05) is 10.6 Å². The van der Waals surface area contributed by atoms with Gasteiger partial charge in [0.05, 0.1) is 0 Å². The predicted octanol–water partition coefficient (Wildman–Crippen LogP) is -1.71. The first kappa shape index (κ1) is 14.2. The zero-order valence-electron chi connectivity index (χ0n) is 8.47. The van der Waals surface area contributed by atoms with E-state index in [0.29, 0.717) is 0 Å². The Hall–Kier alpha value is -2.84. The van der Waals surface area contributed by atoms with Gasteiger partial charge in [0.15, 0.2) is 0 Å². The topological polar surface area (TPSA) is 155 Å². The van der Waals surface area contributed by atoms with Crippen LogP contribution in [0.4, 0.5) is 0 Å². The predicted molar refractivity (Wildman–Crippen MR) is 53.9 cm³/mol. The fourth-order valence-corrected chi connectivity index (χ4v) is 0.712. The summed E-state index contributed by atoms with van der Waals surface area (Å²) in [5, 5.41) is 6.31. The molecule has 9 nitrogen and oxygen atoms in total. The Morgan fingerprint density at radius 3 is 1.06 bits per heavy atom. The Morgan fingerprint density at radius 1 is 0.824 bits per heavy atom. The Kier molecular flexibility index (Phi) is 6.21. The molecule has 2 aliphatic rings. The van der Waals surface area contributed by atoms with Gasteiger partial charge in [0.2, 0.25) is 0 Å². The van der Waals surface area contributed by atoms with Gasteiger partial charge in [-0.25, -0.2) is 0 Å². The molecule has 17 heavy (non-hydrogen) atoms. The molecule has 2 heterocycles. The van der Waals surface area contributed by atoms with Crippen LogP contribution >= 0.6 is 0 Å². The molecular formula is C8H9N5O4. The minimum Gasteiger partial charge on any atom is -0.305 e. The van der Waals surface area contributed by atoms with Crippen LogP contribution in [0.15, 0.2) is 29.5 Å². The summed E-state index contributed by atoms with van der Waals surface area (Å²) in [5.41, 5.74) is 5.61. The molecule has 2 rings (SSSR count). The van der Waals surface area contributed by atoms with E-state index in [1.54, 1.807) is 0 Å². The van der Waals surface area contributed by atoms with Gasteiger partial charge >= 0.3 is 0 Å².